The number of hydrogen-bond donors (Lipinski definition) is 1. The van der Waals surface area contributed by atoms with Crippen molar-refractivity contribution in [2.24, 2.45) is 0 Å². The Morgan fingerprint density at radius 2 is 2.00 bits per heavy atom. The zero-order valence-corrected chi connectivity index (χ0v) is 12.4. The van der Waals surface area contributed by atoms with Gasteiger partial charge in [-0.2, -0.15) is 0 Å². The molecule has 0 radical (unpaired) electrons. The number of nitrogen functional groups attached to an aromatic ring is 1. The van der Waals surface area contributed by atoms with Gasteiger partial charge in [-0.05, 0) is 48.2 Å². The SMILES string of the molecule is Nc1ccc(Br)c(CN2CCCc3ccccc32)c1. The van der Waals surface area contributed by atoms with Crippen molar-refractivity contribution in [1.82, 2.24) is 0 Å². The highest BCUT2D eigenvalue weighted by Crippen LogP contribution is 2.30. The second kappa shape index (κ2) is 5.25. The monoisotopic (exact) mass is 316 g/mol. The third-order valence-corrected chi connectivity index (χ3v) is 4.41. The van der Waals surface area contributed by atoms with Gasteiger partial charge in [0.25, 0.3) is 0 Å². The van der Waals surface area contributed by atoms with Gasteiger partial charge in [0.2, 0.25) is 0 Å². The van der Waals surface area contributed by atoms with Crippen LogP contribution in [-0.2, 0) is 13.0 Å². The van der Waals surface area contributed by atoms with E-state index < -0.39 is 0 Å². The summed E-state index contributed by atoms with van der Waals surface area (Å²) in [5.41, 5.74) is 10.8. The largest absolute Gasteiger partial charge is 0.399 e. The van der Waals surface area contributed by atoms with Crippen molar-refractivity contribution >= 4 is 27.3 Å². The Bertz CT molecular complexity index is 595. The van der Waals surface area contributed by atoms with Gasteiger partial charge in [-0.3, -0.25) is 0 Å². The highest BCUT2D eigenvalue weighted by Gasteiger charge is 2.17. The van der Waals surface area contributed by atoms with E-state index in [0.717, 1.165) is 23.2 Å². The average Bonchev–Trinajstić information content (AvgIpc) is 2.43. The zero-order valence-electron chi connectivity index (χ0n) is 10.8. The Labute approximate surface area is 122 Å². The van der Waals surface area contributed by atoms with Crippen LogP contribution in [0.15, 0.2) is 46.9 Å². The van der Waals surface area contributed by atoms with Gasteiger partial charge in [0, 0.05) is 28.9 Å². The number of para-hydroxylation sites is 1. The summed E-state index contributed by atoms with van der Waals surface area (Å²) in [7, 11) is 0. The fourth-order valence-electron chi connectivity index (χ4n) is 2.70. The molecule has 0 atom stereocenters. The van der Waals surface area contributed by atoms with Crippen LogP contribution in [0.25, 0.3) is 0 Å². The highest BCUT2D eigenvalue weighted by molar-refractivity contribution is 9.10. The number of hydrogen-bond acceptors (Lipinski definition) is 2. The molecule has 2 N–H and O–H groups in total. The van der Waals surface area contributed by atoms with Crippen LogP contribution in [0, 0.1) is 0 Å². The Hall–Kier alpha value is -1.48. The van der Waals surface area contributed by atoms with E-state index in [-0.39, 0.29) is 0 Å². The summed E-state index contributed by atoms with van der Waals surface area (Å²) >= 11 is 3.61. The molecule has 3 rings (SSSR count). The van der Waals surface area contributed by atoms with Crippen LogP contribution in [0.3, 0.4) is 0 Å². The quantitative estimate of drug-likeness (QED) is 0.849. The number of nitrogens with zero attached hydrogens (tertiary/aromatic N) is 1. The van der Waals surface area contributed by atoms with Crippen molar-refractivity contribution < 1.29 is 0 Å². The number of rotatable bonds is 2. The maximum absolute atomic E-state index is 5.89. The molecule has 0 amide bonds. The second-order valence-corrected chi connectivity index (χ2v) is 5.86. The second-order valence-electron chi connectivity index (χ2n) is 5.00. The maximum atomic E-state index is 5.89. The normalized spacial score (nSPS) is 14.3. The van der Waals surface area contributed by atoms with Crippen molar-refractivity contribution in [3.63, 3.8) is 0 Å². The van der Waals surface area contributed by atoms with E-state index in [1.807, 2.05) is 12.1 Å². The van der Waals surface area contributed by atoms with Crippen LogP contribution in [0.5, 0.6) is 0 Å². The van der Waals surface area contributed by atoms with E-state index in [1.165, 1.54) is 29.7 Å². The molecule has 0 saturated heterocycles. The Balaban J connectivity index is 1.90. The minimum Gasteiger partial charge on any atom is -0.399 e. The molecule has 1 aliphatic rings. The molecule has 19 heavy (non-hydrogen) atoms. The Morgan fingerprint density at radius 1 is 1.16 bits per heavy atom. The minimum absolute atomic E-state index is 0.823. The first kappa shape index (κ1) is 12.5. The number of anilines is 2. The van der Waals surface area contributed by atoms with Gasteiger partial charge < -0.3 is 10.6 Å². The summed E-state index contributed by atoms with van der Waals surface area (Å²) in [6, 6.07) is 14.7. The number of nitrogens with two attached hydrogens (primary N) is 1. The molecule has 2 nitrogen and oxygen atoms in total. The van der Waals surface area contributed by atoms with Crippen LogP contribution in [0.2, 0.25) is 0 Å². The Kier molecular flexibility index (Phi) is 3.47. The van der Waals surface area contributed by atoms with E-state index >= 15 is 0 Å². The summed E-state index contributed by atoms with van der Waals surface area (Å²) < 4.78 is 1.13. The van der Waals surface area contributed by atoms with Crippen molar-refractivity contribution in [1.29, 1.82) is 0 Å². The molecule has 0 bridgehead atoms. The number of halogens is 1. The number of benzene rings is 2. The van der Waals surface area contributed by atoms with Gasteiger partial charge in [-0.25, -0.2) is 0 Å². The first-order chi connectivity index (χ1) is 9.24. The van der Waals surface area contributed by atoms with Crippen molar-refractivity contribution in [2.45, 2.75) is 19.4 Å². The lowest BCUT2D eigenvalue weighted by molar-refractivity contribution is 0.690. The predicted octanol–water partition coefficient (Wildman–Crippen LogP) is 3.98. The summed E-state index contributed by atoms with van der Waals surface area (Å²) in [6.07, 6.45) is 2.40. The summed E-state index contributed by atoms with van der Waals surface area (Å²) in [6.45, 7) is 2.01. The number of fused-ring (bicyclic) bond motifs is 1. The minimum atomic E-state index is 0.823. The number of aryl methyl sites for hydroxylation is 1. The van der Waals surface area contributed by atoms with Crippen LogP contribution >= 0.6 is 15.9 Å². The summed E-state index contributed by atoms with van der Waals surface area (Å²) in [5, 5.41) is 0. The van der Waals surface area contributed by atoms with Gasteiger partial charge in [-0.1, -0.05) is 34.1 Å². The predicted molar refractivity (Wildman–Crippen MR) is 84.4 cm³/mol. The average molecular weight is 317 g/mol. The fraction of sp³-hybridized carbons (Fsp3) is 0.250. The van der Waals surface area contributed by atoms with E-state index in [1.54, 1.807) is 0 Å². The molecule has 2 aromatic carbocycles. The van der Waals surface area contributed by atoms with Crippen LogP contribution in [-0.4, -0.2) is 6.54 Å². The molecule has 1 aliphatic heterocycles. The topological polar surface area (TPSA) is 29.3 Å². The lowest BCUT2D eigenvalue weighted by Crippen LogP contribution is -2.28. The van der Waals surface area contributed by atoms with Gasteiger partial charge in [0.1, 0.15) is 0 Å². The first-order valence-corrected chi connectivity index (χ1v) is 7.40. The molecular formula is C16H17BrN2. The molecular weight excluding hydrogens is 300 g/mol. The molecule has 0 spiro atoms. The van der Waals surface area contributed by atoms with Crippen molar-refractivity contribution in [3.05, 3.63) is 58.1 Å². The molecule has 0 unspecified atom stereocenters. The molecule has 0 aromatic heterocycles. The van der Waals surface area contributed by atoms with Crippen LogP contribution < -0.4 is 10.6 Å². The molecule has 98 valence electrons. The van der Waals surface area contributed by atoms with Gasteiger partial charge >= 0.3 is 0 Å². The van der Waals surface area contributed by atoms with Crippen LogP contribution in [0.4, 0.5) is 11.4 Å². The van der Waals surface area contributed by atoms with Crippen molar-refractivity contribution in [3.8, 4) is 0 Å². The lowest BCUT2D eigenvalue weighted by Gasteiger charge is -2.31. The van der Waals surface area contributed by atoms with E-state index in [9.17, 15) is 0 Å². The van der Waals surface area contributed by atoms with E-state index in [2.05, 4.69) is 51.2 Å². The summed E-state index contributed by atoms with van der Waals surface area (Å²) in [4.78, 5) is 2.44. The molecule has 2 aromatic rings. The van der Waals surface area contributed by atoms with Gasteiger partial charge in [0.05, 0.1) is 0 Å². The molecule has 0 saturated carbocycles. The highest BCUT2D eigenvalue weighted by atomic mass is 79.9. The van der Waals surface area contributed by atoms with E-state index in [0.29, 0.717) is 0 Å². The molecule has 0 fully saturated rings. The maximum Gasteiger partial charge on any atom is 0.0441 e. The van der Waals surface area contributed by atoms with Gasteiger partial charge in [-0.15, -0.1) is 0 Å². The first-order valence-electron chi connectivity index (χ1n) is 6.61. The zero-order chi connectivity index (χ0) is 13.2. The third-order valence-electron chi connectivity index (χ3n) is 3.64. The third kappa shape index (κ3) is 2.61. The standard InChI is InChI=1S/C16H17BrN2/c17-15-8-7-14(18)10-13(15)11-19-9-3-5-12-4-1-2-6-16(12)19/h1-2,4,6-8,10H,3,5,9,11,18H2. The lowest BCUT2D eigenvalue weighted by atomic mass is 10.0. The molecule has 1 heterocycles. The van der Waals surface area contributed by atoms with Gasteiger partial charge in [0.15, 0.2) is 0 Å². The van der Waals surface area contributed by atoms with E-state index in [4.69, 9.17) is 5.73 Å². The fourth-order valence-corrected chi connectivity index (χ4v) is 3.07. The molecule has 0 aliphatic carbocycles. The van der Waals surface area contributed by atoms with Crippen molar-refractivity contribution in [2.75, 3.05) is 17.2 Å². The summed E-state index contributed by atoms with van der Waals surface area (Å²) in [5.74, 6) is 0. The molecule has 3 heteroatoms. The Morgan fingerprint density at radius 3 is 2.89 bits per heavy atom. The smallest absolute Gasteiger partial charge is 0.0441 e. The van der Waals surface area contributed by atoms with Crippen LogP contribution in [0.1, 0.15) is 17.5 Å².